The SMILES string of the molecule is CCN1C(=O)C(=Cc2cc(I)c(OCc3cccc([N+](=O)[O-])c3)c(I)c2)SC1=Nc1ccc(C(=O)O)cc1. The summed E-state index contributed by atoms with van der Waals surface area (Å²) in [6, 6.07) is 16.3. The number of halogens is 2. The lowest BCUT2D eigenvalue weighted by atomic mass is 10.2. The van der Waals surface area contributed by atoms with Gasteiger partial charge >= 0.3 is 5.97 Å². The summed E-state index contributed by atoms with van der Waals surface area (Å²) in [6.07, 6.45) is 1.81. The predicted octanol–water partition coefficient (Wildman–Crippen LogP) is 6.71. The normalized spacial score (nSPS) is 15.3. The van der Waals surface area contributed by atoms with Gasteiger partial charge in [-0.2, -0.15) is 0 Å². The molecule has 0 radical (unpaired) electrons. The van der Waals surface area contributed by atoms with Gasteiger partial charge in [-0.1, -0.05) is 12.1 Å². The number of carboxylic acids is 1. The van der Waals surface area contributed by atoms with Gasteiger partial charge in [0.1, 0.15) is 12.4 Å². The second-order valence-corrected chi connectivity index (χ2v) is 11.3. The molecule has 9 nitrogen and oxygen atoms in total. The van der Waals surface area contributed by atoms with Crippen LogP contribution in [0.4, 0.5) is 11.4 Å². The molecule has 1 fully saturated rings. The minimum atomic E-state index is -1.01. The van der Waals surface area contributed by atoms with Crippen molar-refractivity contribution in [1.82, 2.24) is 4.90 Å². The lowest BCUT2D eigenvalue weighted by Crippen LogP contribution is -2.28. The first-order valence-corrected chi connectivity index (χ1v) is 14.1. The fourth-order valence-corrected chi connectivity index (χ4v) is 6.72. The molecule has 1 aliphatic heterocycles. The topological polar surface area (TPSA) is 122 Å². The third-order valence-corrected chi connectivity index (χ3v) is 7.98. The summed E-state index contributed by atoms with van der Waals surface area (Å²) in [6.45, 7) is 2.49. The summed E-state index contributed by atoms with van der Waals surface area (Å²) in [7, 11) is 0. The molecule has 0 atom stereocenters. The Labute approximate surface area is 249 Å². The molecule has 0 aliphatic carbocycles. The van der Waals surface area contributed by atoms with E-state index in [1.807, 2.05) is 19.1 Å². The Morgan fingerprint density at radius 2 is 1.84 bits per heavy atom. The van der Waals surface area contributed by atoms with Gasteiger partial charge in [-0.05, 0) is 117 Å². The van der Waals surface area contributed by atoms with Crippen LogP contribution in [0.2, 0.25) is 0 Å². The summed E-state index contributed by atoms with van der Waals surface area (Å²) in [5.74, 6) is -0.512. The van der Waals surface area contributed by atoms with E-state index in [-0.39, 0.29) is 23.8 Å². The Balaban J connectivity index is 1.54. The molecule has 1 heterocycles. The number of amidine groups is 1. The van der Waals surface area contributed by atoms with Gasteiger partial charge in [0.25, 0.3) is 11.6 Å². The second kappa shape index (κ2) is 12.3. The highest BCUT2D eigenvalue weighted by atomic mass is 127. The third-order valence-electron chi connectivity index (χ3n) is 5.37. The highest BCUT2D eigenvalue weighted by Crippen LogP contribution is 2.36. The lowest BCUT2D eigenvalue weighted by Gasteiger charge is -2.12. The van der Waals surface area contributed by atoms with Gasteiger partial charge in [-0.3, -0.25) is 19.8 Å². The number of carbonyl (C=O) groups excluding carboxylic acids is 1. The molecule has 0 aromatic heterocycles. The maximum atomic E-state index is 13.1. The van der Waals surface area contributed by atoms with Crippen molar-refractivity contribution in [2.75, 3.05) is 6.54 Å². The maximum absolute atomic E-state index is 13.1. The fraction of sp³-hybridized carbons (Fsp3) is 0.115. The van der Waals surface area contributed by atoms with E-state index in [0.717, 1.165) is 12.7 Å². The van der Waals surface area contributed by atoms with E-state index in [1.54, 1.807) is 35.2 Å². The summed E-state index contributed by atoms with van der Waals surface area (Å²) < 4.78 is 7.65. The van der Waals surface area contributed by atoms with Crippen molar-refractivity contribution in [3.8, 4) is 5.75 Å². The molecular formula is C26H19I2N3O6S. The molecule has 0 unspecified atom stereocenters. The fourth-order valence-electron chi connectivity index (χ4n) is 3.53. The van der Waals surface area contributed by atoms with Crippen molar-refractivity contribution < 1.29 is 24.4 Å². The van der Waals surface area contributed by atoms with Crippen LogP contribution in [0.1, 0.15) is 28.4 Å². The molecular weight excluding hydrogens is 736 g/mol. The number of carboxylic acid groups (broad SMARTS) is 1. The standard InChI is InChI=1S/C26H19I2N3O6S/c1-2-30-24(32)22(38-26(30)29-18-8-6-17(7-9-18)25(33)34)13-16-11-20(27)23(21(28)12-16)37-14-15-4-3-5-19(10-15)31(35)36/h3-13H,2,14H2,1H3,(H,33,34). The Morgan fingerprint density at radius 3 is 2.45 bits per heavy atom. The van der Waals surface area contributed by atoms with Crippen molar-refractivity contribution in [1.29, 1.82) is 0 Å². The van der Waals surface area contributed by atoms with Crippen LogP contribution in [0.25, 0.3) is 6.08 Å². The van der Waals surface area contributed by atoms with Gasteiger partial charge in [0.05, 0.1) is 28.2 Å². The van der Waals surface area contributed by atoms with Gasteiger partial charge in [-0.15, -0.1) is 0 Å². The number of benzene rings is 3. The van der Waals surface area contributed by atoms with Crippen LogP contribution < -0.4 is 4.74 Å². The number of hydrogen-bond acceptors (Lipinski definition) is 7. The minimum absolute atomic E-state index is 0.0116. The number of amides is 1. The largest absolute Gasteiger partial charge is 0.487 e. The van der Waals surface area contributed by atoms with Crippen LogP contribution in [0, 0.1) is 17.3 Å². The van der Waals surface area contributed by atoms with Crippen LogP contribution in [0.15, 0.2) is 70.6 Å². The maximum Gasteiger partial charge on any atom is 0.335 e. The average molecular weight is 755 g/mol. The molecule has 1 N–H and O–H groups in total. The van der Waals surface area contributed by atoms with Crippen LogP contribution >= 0.6 is 56.9 Å². The zero-order valence-electron chi connectivity index (χ0n) is 19.8. The second-order valence-electron chi connectivity index (χ2n) is 7.94. The molecule has 3 aromatic rings. The Hall–Kier alpha value is -2.98. The summed E-state index contributed by atoms with van der Waals surface area (Å²) >= 11 is 5.59. The van der Waals surface area contributed by atoms with Crippen molar-refractivity contribution >= 4 is 91.4 Å². The van der Waals surface area contributed by atoms with E-state index in [1.165, 1.54) is 36.0 Å². The van der Waals surface area contributed by atoms with Gasteiger partial charge in [0.2, 0.25) is 0 Å². The molecule has 0 spiro atoms. The van der Waals surface area contributed by atoms with E-state index in [2.05, 4.69) is 50.2 Å². The van der Waals surface area contributed by atoms with Crippen LogP contribution in [-0.4, -0.2) is 38.5 Å². The molecule has 1 amide bonds. The minimum Gasteiger partial charge on any atom is -0.487 e. The monoisotopic (exact) mass is 755 g/mol. The molecule has 3 aromatic carbocycles. The van der Waals surface area contributed by atoms with Gasteiger partial charge in [0, 0.05) is 18.7 Å². The van der Waals surface area contributed by atoms with Crippen LogP contribution in [0.3, 0.4) is 0 Å². The first-order valence-electron chi connectivity index (χ1n) is 11.1. The molecule has 194 valence electrons. The van der Waals surface area contributed by atoms with Gasteiger partial charge in [-0.25, -0.2) is 9.79 Å². The number of aliphatic imine (C=N–C) groups is 1. The van der Waals surface area contributed by atoms with E-state index in [4.69, 9.17) is 9.84 Å². The van der Waals surface area contributed by atoms with Crippen LogP contribution in [-0.2, 0) is 11.4 Å². The van der Waals surface area contributed by atoms with E-state index in [9.17, 15) is 19.7 Å². The number of nitrogens with zero attached hydrogens (tertiary/aromatic N) is 3. The number of thioether (sulfide) groups is 1. The Kier molecular flexibility index (Phi) is 9.04. The average Bonchev–Trinajstić information content (AvgIpc) is 3.17. The smallest absolute Gasteiger partial charge is 0.335 e. The number of rotatable bonds is 8. The Bertz CT molecular complexity index is 1470. The summed E-state index contributed by atoms with van der Waals surface area (Å²) in [4.78, 5) is 41.4. The molecule has 1 saturated heterocycles. The number of nitro groups is 1. The molecule has 0 saturated carbocycles. The van der Waals surface area contributed by atoms with Gasteiger partial charge < -0.3 is 9.84 Å². The molecule has 0 bridgehead atoms. The molecule has 1 aliphatic rings. The molecule has 4 rings (SSSR count). The van der Waals surface area contributed by atoms with Crippen LogP contribution in [0.5, 0.6) is 5.75 Å². The number of likely N-dealkylation sites (N-methyl/N-ethyl adjacent to an activating group) is 1. The van der Waals surface area contributed by atoms with Crippen molar-refractivity contribution in [3.05, 3.63) is 99.5 Å². The predicted molar refractivity (Wildman–Crippen MR) is 163 cm³/mol. The first kappa shape index (κ1) is 28.0. The van der Waals surface area contributed by atoms with E-state index < -0.39 is 10.9 Å². The quantitative estimate of drug-likeness (QED) is 0.118. The zero-order chi connectivity index (χ0) is 27.4. The lowest BCUT2D eigenvalue weighted by molar-refractivity contribution is -0.384. The molecule has 12 heteroatoms. The third kappa shape index (κ3) is 6.53. The first-order chi connectivity index (χ1) is 18.2. The number of hydrogen-bond donors (Lipinski definition) is 1. The number of carbonyl (C=O) groups is 2. The number of non-ortho nitro benzene ring substituents is 1. The van der Waals surface area contributed by atoms with E-state index in [0.29, 0.717) is 33.6 Å². The summed E-state index contributed by atoms with van der Waals surface area (Å²) in [5.41, 5.74) is 2.24. The number of aromatic carboxylic acids is 1. The van der Waals surface area contributed by atoms with Crippen molar-refractivity contribution in [2.24, 2.45) is 4.99 Å². The summed E-state index contributed by atoms with van der Waals surface area (Å²) in [5, 5.41) is 20.6. The van der Waals surface area contributed by atoms with Crippen molar-refractivity contribution in [2.45, 2.75) is 13.5 Å². The number of ether oxygens (including phenoxy) is 1. The number of nitro benzene ring substituents is 1. The van der Waals surface area contributed by atoms with E-state index >= 15 is 0 Å². The van der Waals surface area contributed by atoms with Crippen molar-refractivity contribution in [3.63, 3.8) is 0 Å². The highest BCUT2D eigenvalue weighted by Gasteiger charge is 2.32. The molecule has 38 heavy (non-hydrogen) atoms. The Morgan fingerprint density at radius 1 is 1.16 bits per heavy atom. The highest BCUT2D eigenvalue weighted by molar-refractivity contribution is 14.1. The zero-order valence-corrected chi connectivity index (χ0v) is 24.9. The van der Waals surface area contributed by atoms with Gasteiger partial charge in [0.15, 0.2) is 5.17 Å².